The zero-order valence-electron chi connectivity index (χ0n) is 18.0. The van der Waals surface area contributed by atoms with Gasteiger partial charge in [0.15, 0.2) is 0 Å². The highest BCUT2D eigenvalue weighted by molar-refractivity contribution is 9.10. The Kier molecular flexibility index (Phi) is 7.07. The van der Waals surface area contributed by atoms with Crippen molar-refractivity contribution in [1.82, 2.24) is 0 Å². The van der Waals surface area contributed by atoms with Crippen molar-refractivity contribution in [3.05, 3.63) is 118 Å². The first-order valence-corrected chi connectivity index (χ1v) is 13.0. The molecule has 5 nitrogen and oxygen atoms in total. The van der Waals surface area contributed by atoms with Crippen molar-refractivity contribution in [2.24, 2.45) is 4.74 Å². The molecule has 0 amide bonds. The van der Waals surface area contributed by atoms with Gasteiger partial charge in [0.1, 0.15) is 11.4 Å². The molecular weight excluding hydrogens is 499 g/mol. The van der Waals surface area contributed by atoms with Gasteiger partial charge in [-0.15, -0.1) is 0 Å². The van der Waals surface area contributed by atoms with Crippen molar-refractivity contribution >= 4 is 50.3 Å². The largest absolute Gasteiger partial charge is 0.494 e. The Morgan fingerprint density at radius 3 is 1.91 bits per heavy atom. The van der Waals surface area contributed by atoms with E-state index in [1.807, 2.05) is 91.9 Å². The van der Waals surface area contributed by atoms with Crippen LogP contribution >= 0.6 is 23.0 Å². The van der Waals surface area contributed by atoms with Crippen molar-refractivity contribution in [1.29, 1.82) is 0 Å². The van der Waals surface area contributed by atoms with Crippen molar-refractivity contribution in [3.63, 3.8) is 0 Å². The van der Waals surface area contributed by atoms with Crippen molar-refractivity contribution in [3.8, 4) is 5.75 Å². The summed E-state index contributed by atoms with van der Waals surface area (Å²) in [5.41, 5.74) is 0.252. The fraction of sp³-hybridized carbons (Fsp3) is 0.0769. The van der Waals surface area contributed by atoms with Gasteiger partial charge < -0.3 is 4.74 Å². The van der Waals surface area contributed by atoms with E-state index < -0.39 is 12.0 Å². The maximum Gasteiger partial charge on any atom is 0.298 e. The number of halogens is 1. The topological polar surface area (TPSA) is 64.7 Å². The van der Waals surface area contributed by atoms with Gasteiger partial charge in [0, 0.05) is 20.4 Å². The van der Waals surface area contributed by atoms with Crippen LogP contribution in [0.25, 0.3) is 0 Å². The van der Waals surface area contributed by atoms with E-state index in [1.54, 1.807) is 12.1 Å². The number of hydrogen-bond acceptors (Lipinski definition) is 4. The first kappa shape index (κ1) is 23.0. The number of rotatable bonds is 7. The number of nitrogens with zero attached hydrogens (tertiary/aromatic N) is 2. The van der Waals surface area contributed by atoms with Gasteiger partial charge in [-0.25, -0.2) is 4.74 Å². The molecule has 0 N–H and O–H groups in total. The lowest BCUT2D eigenvalue weighted by molar-refractivity contribution is -0.384. The molecule has 0 radical (unpaired) electrons. The summed E-state index contributed by atoms with van der Waals surface area (Å²) in [6.45, 7) is 2.27. The van der Waals surface area contributed by atoms with Crippen LogP contribution in [0.5, 0.6) is 5.75 Å². The fourth-order valence-electron chi connectivity index (χ4n) is 3.72. The Morgan fingerprint density at radius 1 is 0.848 bits per heavy atom. The van der Waals surface area contributed by atoms with Crippen LogP contribution in [0.3, 0.4) is 0 Å². The zero-order valence-corrected chi connectivity index (χ0v) is 20.4. The molecule has 0 aliphatic carbocycles. The van der Waals surface area contributed by atoms with Gasteiger partial charge in [-0.1, -0.05) is 88.7 Å². The van der Waals surface area contributed by atoms with Crippen LogP contribution in [0, 0.1) is 10.1 Å². The number of benzene rings is 4. The van der Waals surface area contributed by atoms with Crippen LogP contribution in [0.1, 0.15) is 6.92 Å². The Morgan fingerprint density at radius 2 is 1.39 bits per heavy atom. The third-order valence-electron chi connectivity index (χ3n) is 5.17. The van der Waals surface area contributed by atoms with Gasteiger partial charge in [-0.05, 0) is 31.2 Å². The van der Waals surface area contributed by atoms with Gasteiger partial charge in [0.2, 0.25) is 0 Å². The van der Waals surface area contributed by atoms with Crippen LogP contribution in [0.2, 0.25) is 0 Å². The van der Waals surface area contributed by atoms with E-state index in [-0.39, 0.29) is 5.69 Å². The van der Waals surface area contributed by atoms with Crippen molar-refractivity contribution < 1.29 is 9.66 Å². The Labute approximate surface area is 201 Å². The summed E-state index contributed by atoms with van der Waals surface area (Å²) in [4.78, 5) is 11.6. The monoisotopic (exact) mass is 520 g/mol. The molecule has 0 bridgehead atoms. The lowest BCUT2D eigenvalue weighted by Gasteiger charge is -2.27. The van der Waals surface area contributed by atoms with E-state index in [0.717, 1.165) is 20.4 Å². The third-order valence-corrected chi connectivity index (χ3v) is 9.35. The molecule has 0 heterocycles. The summed E-state index contributed by atoms with van der Waals surface area (Å²) in [5.74, 6) is 0.454. The molecular formula is C26H22BrN2O3P. The normalized spacial score (nSPS) is 11.1. The maximum atomic E-state index is 12.0. The molecule has 7 heteroatoms. The van der Waals surface area contributed by atoms with E-state index in [0.29, 0.717) is 18.0 Å². The van der Waals surface area contributed by atoms with Crippen molar-refractivity contribution in [2.75, 3.05) is 6.61 Å². The van der Waals surface area contributed by atoms with Crippen LogP contribution in [-0.4, -0.2) is 11.5 Å². The quantitative estimate of drug-likeness (QED) is 0.157. The molecule has 4 aromatic carbocycles. The van der Waals surface area contributed by atoms with Crippen LogP contribution in [-0.2, 0) is 0 Å². The minimum Gasteiger partial charge on any atom is -0.494 e. The standard InChI is InChI=1S/C26H22BrN2O3P/c1-2-32-21-15-18-25(26(19-21)29(30)31)28-33(22-9-5-3-6-10-22,23-11-7-4-8-12-23)24-16-13-20(27)14-17-24/h3-19H,2H2,1H3. The predicted octanol–water partition coefficient (Wildman–Crippen LogP) is 6.57. The summed E-state index contributed by atoms with van der Waals surface area (Å²) < 4.78 is 11.7. The Hall–Kier alpha value is -3.21. The highest BCUT2D eigenvalue weighted by atomic mass is 79.9. The molecule has 0 aromatic heterocycles. The number of hydrogen-bond donors (Lipinski definition) is 0. The summed E-state index contributed by atoms with van der Waals surface area (Å²) >= 11 is 3.52. The smallest absolute Gasteiger partial charge is 0.298 e. The molecule has 166 valence electrons. The second-order valence-corrected chi connectivity index (χ2v) is 11.2. The molecule has 33 heavy (non-hydrogen) atoms. The van der Waals surface area contributed by atoms with E-state index in [4.69, 9.17) is 9.48 Å². The molecule has 0 aliphatic heterocycles. The zero-order chi connectivity index (χ0) is 23.3. The van der Waals surface area contributed by atoms with Crippen LogP contribution in [0.15, 0.2) is 112 Å². The molecule has 0 unspecified atom stereocenters. The summed E-state index contributed by atoms with van der Waals surface area (Å²) in [5, 5.41) is 15.1. The molecule has 0 fully saturated rings. The fourth-order valence-corrected chi connectivity index (χ4v) is 7.50. The first-order chi connectivity index (χ1) is 16.0. The third kappa shape index (κ3) is 4.77. The van der Waals surface area contributed by atoms with Crippen molar-refractivity contribution in [2.45, 2.75) is 6.92 Å². The minimum absolute atomic E-state index is 0.0747. The number of nitro groups is 1. The molecule has 4 rings (SSSR count). The van der Waals surface area contributed by atoms with Gasteiger partial charge in [0.25, 0.3) is 5.69 Å². The Balaban J connectivity index is 2.12. The molecule has 4 aromatic rings. The second-order valence-electron chi connectivity index (χ2n) is 7.22. The van der Waals surface area contributed by atoms with Gasteiger partial charge in [0.05, 0.1) is 24.7 Å². The molecule has 0 saturated carbocycles. The molecule has 0 spiro atoms. The van der Waals surface area contributed by atoms with E-state index >= 15 is 0 Å². The van der Waals surface area contributed by atoms with E-state index in [2.05, 4.69) is 15.9 Å². The first-order valence-electron chi connectivity index (χ1n) is 10.5. The van der Waals surface area contributed by atoms with Crippen LogP contribution in [0.4, 0.5) is 11.4 Å². The van der Waals surface area contributed by atoms with Gasteiger partial charge >= 0.3 is 0 Å². The second kappa shape index (κ2) is 10.2. The average molecular weight is 521 g/mol. The summed E-state index contributed by atoms with van der Waals surface area (Å²) in [7, 11) is -2.63. The average Bonchev–Trinajstić information content (AvgIpc) is 2.85. The predicted molar refractivity (Wildman–Crippen MR) is 139 cm³/mol. The van der Waals surface area contributed by atoms with E-state index in [9.17, 15) is 10.1 Å². The lowest BCUT2D eigenvalue weighted by Crippen LogP contribution is -2.25. The molecule has 0 atom stereocenters. The maximum absolute atomic E-state index is 12.0. The van der Waals surface area contributed by atoms with Crippen LogP contribution < -0.4 is 20.7 Å². The summed E-state index contributed by atoms with van der Waals surface area (Å²) in [6.07, 6.45) is 0. The number of nitro benzene ring substituents is 1. The van der Waals surface area contributed by atoms with Gasteiger partial charge in [-0.2, -0.15) is 0 Å². The summed E-state index contributed by atoms with van der Waals surface area (Å²) in [6, 6.07) is 33.0. The minimum atomic E-state index is -2.63. The number of ether oxygens (including phenoxy) is 1. The molecule has 0 aliphatic rings. The highest BCUT2D eigenvalue weighted by Gasteiger charge is 2.29. The highest BCUT2D eigenvalue weighted by Crippen LogP contribution is 2.51. The molecule has 0 saturated heterocycles. The Bertz CT molecular complexity index is 1270. The lowest BCUT2D eigenvalue weighted by atomic mass is 10.2. The van der Waals surface area contributed by atoms with Gasteiger partial charge in [-0.3, -0.25) is 10.1 Å². The SMILES string of the molecule is CCOc1ccc(N=P(c2ccccc2)(c2ccccc2)c2ccc(Br)cc2)c([N+](=O)[O-])c1. The van der Waals surface area contributed by atoms with E-state index in [1.165, 1.54) is 6.07 Å².